The summed E-state index contributed by atoms with van der Waals surface area (Å²) in [4.78, 5) is 42.2. The predicted octanol–water partition coefficient (Wildman–Crippen LogP) is 4.69. The van der Waals surface area contributed by atoms with E-state index >= 15 is 0 Å². The van der Waals surface area contributed by atoms with Gasteiger partial charge in [0.15, 0.2) is 5.13 Å². The molecule has 1 aliphatic carbocycles. The fourth-order valence-electron chi connectivity index (χ4n) is 4.07. The van der Waals surface area contributed by atoms with Crippen LogP contribution >= 0.6 is 11.3 Å². The largest absolute Gasteiger partial charge is 0.481 e. The standard InChI is InChI=1S/C25H25N3O5S/c1-3-28(13-15(2)23(30)31)22(29)21-12-26-24(34-21)27-25(32)33-14-20-18-10-6-4-8-16(18)17-9-5-7-11-19(17)20/h4-12,15,20H,3,13-14H2,1-2H3,(H,30,31)(H,26,27,32). The third-order valence-corrected chi connectivity index (χ3v) is 6.75. The van der Waals surface area contributed by atoms with Crippen molar-refractivity contribution in [2.75, 3.05) is 25.0 Å². The highest BCUT2D eigenvalue weighted by Gasteiger charge is 2.29. The molecule has 3 aromatic rings. The monoisotopic (exact) mass is 479 g/mol. The summed E-state index contributed by atoms with van der Waals surface area (Å²) in [6.07, 6.45) is 0.724. The molecule has 1 heterocycles. The molecule has 2 N–H and O–H groups in total. The Morgan fingerprint density at radius 3 is 2.32 bits per heavy atom. The highest BCUT2D eigenvalue weighted by Crippen LogP contribution is 2.44. The number of carbonyl (C=O) groups excluding carboxylic acids is 2. The molecule has 0 saturated heterocycles. The summed E-state index contributed by atoms with van der Waals surface area (Å²) in [6.45, 7) is 3.97. The second kappa shape index (κ2) is 10.0. The number of hydrogen-bond acceptors (Lipinski definition) is 6. The lowest BCUT2D eigenvalue weighted by Crippen LogP contribution is -2.36. The lowest BCUT2D eigenvalue weighted by atomic mass is 9.98. The summed E-state index contributed by atoms with van der Waals surface area (Å²) in [5.41, 5.74) is 4.53. The SMILES string of the molecule is CCN(CC(C)C(=O)O)C(=O)c1cnc(NC(=O)OCC2c3ccccc3-c3ccccc32)s1. The average molecular weight is 480 g/mol. The maximum Gasteiger partial charge on any atom is 0.413 e. The van der Waals surface area contributed by atoms with E-state index in [1.165, 1.54) is 11.1 Å². The van der Waals surface area contributed by atoms with Gasteiger partial charge in [0.2, 0.25) is 0 Å². The van der Waals surface area contributed by atoms with Crippen molar-refractivity contribution in [1.29, 1.82) is 0 Å². The zero-order valence-corrected chi connectivity index (χ0v) is 19.7. The summed E-state index contributed by atoms with van der Waals surface area (Å²) in [7, 11) is 0. The van der Waals surface area contributed by atoms with Crippen LogP contribution < -0.4 is 5.32 Å². The third kappa shape index (κ3) is 4.79. The second-order valence-electron chi connectivity index (χ2n) is 8.06. The van der Waals surface area contributed by atoms with Gasteiger partial charge in [0.1, 0.15) is 11.5 Å². The van der Waals surface area contributed by atoms with Crippen molar-refractivity contribution in [3.05, 3.63) is 70.7 Å². The van der Waals surface area contributed by atoms with Gasteiger partial charge in [-0.3, -0.25) is 14.9 Å². The van der Waals surface area contributed by atoms with Gasteiger partial charge in [0, 0.05) is 19.0 Å². The van der Waals surface area contributed by atoms with E-state index in [-0.39, 0.29) is 30.1 Å². The third-order valence-electron chi connectivity index (χ3n) is 5.85. The summed E-state index contributed by atoms with van der Waals surface area (Å²) in [5, 5.41) is 11.9. The van der Waals surface area contributed by atoms with Gasteiger partial charge in [-0.1, -0.05) is 66.8 Å². The van der Waals surface area contributed by atoms with Gasteiger partial charge >= 0.3 is 12.1 Å². The van der Waals surface area contributed by atoms with Crippen molar-refractivity contribution in [2.24, 2.45) is 5.92 Å². The first-order valence-electron chi connectivity index (χ1n) is 11.0. The molecule has 2 aromatic carbocycles. The summed E-state index contributed by atoms with van der Waals surface area (Å²) in [6, 6.07) is 16.2. The molecular weight excluding hydrogens is 454 g/mol. The number of amides is 2. The van der Waals surface area contributed by atoms with E-state index in [1.807, 2.05) is 36.4 Å². The number of carbonyl (C=O) groups is 3. The van der Waals surface area contributed by atoms with E-state index in [0.717, 1.165) is 33.6 Å². The molecule has 8 nitrogen and oxygen atoms in total. The number of hydrogen-bond donors (Lipinski definition) is 2. The molecule has 0 saturated carbocycles. The second-order valence-corrected chi connectivity index (χ2v) is 9.09. The normalized spacial score (nSPS) is 13.0. The van der Waals surface area contributed by atoms with Crippen molar-refractivity contribution < 1.29 is 24.2 Å². The van der Waals surface area contributed by atoms with Gasteiger partial charge in [-0.05, 0) is 29.2 Å². The molecule has 4 rings (SSSR count). The number of nitrogens with zero attached hydrogens (tertiary/aromatic N) is 2. The Hall–Kier alpha value is -3.72. The van der Waals surface area contributed by atoms with Crippen molar-refractivity contribution >= 4 is 34.4 Å². The highest BCUT2D eigenvalue weighted by atomic mass is 32.1. The molecule has 9 heteroatoms. The topological polar surface area (TPSA) is 109 Å². The molecule has 0 fully saturated rings. The van der Waals surface area contributed by atoms with E-state index in [1.54, 1.807) is 13.8 Å². The van der Waals surface area contributed by atoms with Gasteiger partial charge in [-0.15, -0.1) is 0 Å². The number of rotatable bonds is 8. The predicted molar refractivity (Wildman–Crippen MR) is 129 cm³/mol. The van der Waals surface area contributed by atoms with Crippen LogP contribution in [0, 0.1) is 5.92 Å². The van der Waals surface area contributed by atoms with Crippen LogP contribution in [-0.2, 0) is 9.53 Å². The number of thiazole rings is 1. The lowest BCUT2D eigenvalue weighted by Gasteiger charge is -2.21. The highest BCUT2D eigenvalue weighted by molar-refractivity contribution is 7.17. The van der Waals surface area contributed by atoms with Crippen molar-refractivity contribution in [1.82, 2.24) is 9.88 Å². The minimum Gasteiger partial charge on any atom is -0.481 e. The first kappa shape index (κ1) is 23.4. The van der Waals surface area contributed by atoms with Crippen molar-refractivity contribution in [3.63, 3.8) is 0 Å². The van der Waals surface area contributed by atoms with Crippen LogP contribution in [0.25, 0.3) is 11.1 Å². The number of anilines is 1. The van der Waals surface area contributed by atoms with Crippen LogP contribution in [0.2, 0.25) is 0 Å². The van der Waals surface area contributed by atoms with Crippen LogP contribution in [0.4, 0.5) is 9.93 Å². The van der Waals surface area contributed by atoms with Gasteiger partial charge in [-0.25, -0.2) is 9.78 Å². The van der Waals surface area contributed by atoms with E-state index in [9.17, 15) is 14.4 Å². The summed E-state index contributed by atoms with van der Waals surface area (Å²) in [5.74, 6) is -2.03. The van der Waals surface area contributed by atoms with Crippen LogP contribution in [0.1, 0.15) is 40.6 Å². The Balaban J connectivity index is 1.38. The lowest BCUT2D eigenvalue weighted by molar-refractivity contribution is -0.141. The van der Waals surface area contributed by atoms with Gasteiger partial charge < -0.3 is 14.7 Å². The summed E-state index contributed by atoms with van der Waals surface area (Å²) >= 11 is 1.02. The number of fused-ring (bicyclic) bond motifs is 3. The quantitative estimate of drug-likeness (QED) is 0.485. The Kier molecular flexibility index (Phi) is 6.93. The van der Waals surface area contributed by atoms with Crippen molar-refractivity contribution in [2.45, 2.75) is 19.8 Å². The maximum atomic E-state index is 12.7. The molecule has 0 radical (unpaired) electrons. The number of aliphatic carboxylic acids is 1. The van der Waals surface area contributed by atoms with Gasteiger partial charge in [0.25, 0.3) is 5.91 Å². The fraction of sp³-hybridized carbons (Fsp3) is 0.280. The molecule has 1 aliphatic rings. The Bertz CT molecular complexity index is 1180. The maximum absolute atomic E-state index is 12.7. The minimum absolute atomic E-state index is 0.0547. The molecule has 1 aromatic heterocycles. The molecule has 176 valence electrons. The molecule has 0 aliphatic heterocycles. The molecule has 1 unspecified atom stereocenters. The molecule has 2 amide bonds. The number of nitrogens with one attached hydrogen (secondary N) is 1. The Labute approximate surface area is 201 Å². The molecule has 0 spiro atoms. The number of aromatic nitrogens is 1. The van der Waals surface area contributed by atoms with E-state index in [0.29, 0.717) is 11.4 Å². The van der Waals surface area contributed by atoms with Gasteiger partial charge in [0.05, 0.1) is 12.1 Å². The summed E-state index contributed by atoms with van der Waals surface area (Å²) < 4.78 is 5.52. The molecule has 1 atom stereocenters. The Morgan fingerprint density at radius 1 is 1.12 bits per heavy atom. The zero-order chi connectivity index (χ0) is 24.2. The first-order valence-corrected chi connectivity index (χ1v) is 11.8. The number of carboxylic acid groups (broad SMARTS) is 1. The van der Waals surface area contributed by atoms with Crippen LogP contribution in [0.5, 0.6) is 0 Å². The number of benzene rings is 2. The average Bonchev–Trinajstić information content (AvgIpc) is 3.43. The number of carboxylic acids is 1. The number of ether oxygens (including phenoxy) is 1. The minimum atomic E-state index is -0.965. The van der Waals surface area contributed by atoms with Crippen molar-refractivity contribution in [3.8, 4) is 11.1 Å². The van der Waals surface area contributed by atoms with Crippen LogP contribution in [0.15, 0.2) is 54.7 Å². The van der Waals surface area contributed by atoms with E-state index in [2.05, 4.69) is 22.4 Å². The van der Waals surface area contributed by atoms with Gasteiger partial charge in [-0.2, -0.15) is 0 Å². The molecular formula is C25H25N3O5S. The smallest absolute Gasteiger partial charge is 0.413 e. The molecule has 34 heavy (non-hydrogen) atoms. The van der Waals surface area contributed by atoms with E-state index in [4.69, 9.17) is 9.84 Å². The zero-order valence-electron chi connectivity index (χ0n) is 18.9. The van der Waals surface area contributed by atoms with E-state index < -0.39 is 18.0 Å². The van der Waals surface area contributed by atoms with Crippen LogP contribution in [0.3, 0.4) is 0 Å². The molecule has 0 bridgehead atoms. The van der Waals surface area contributed by atoms with Crippen LogP contribution in [-0.4, -0.2) is 52.7 Å². The first-order chi connectivity index (χ1) is 16.4. The Morgan fingerprint density at radius 2 is 1.74 bits per heavy atom. The fourth-order valence-corrected chi connectivity index (χ4v) is 4.84.